The van der Waals surface area contributed by atoms with E-state index in [2.05, 4.69) is 5.32 Å². The van der Waals surface area contributed by atoms with E-state index >= 15 is 0 Å². The lowest BCUT2D eigenvalue weighted by molar-refractivity contribution is -0.137. The summed E-state index contributed by atoms with van der Waals surface area (Å²) >= 11 is 0. The molecule has 0 atom stereocenters. The first kappa shape index (κ1) is 31.7. The lowest BCUT2D eigenvalue weighted by atomic mass is 9.95. The number of amides is 1. The highest BCUT2D eigenvalue weighted by atomic mass is 19.4. The predicted molar refractivity (Wildman–Crippen MR) is 154 cm³/mol. The van der Waals surface area contributed by atoms with Gasteiger partial charge in [0.05, 0.1) is 18.6 Å². The van der Waals surface area contributed by atoms with Crippen molar-refractivity contribution in [1.82, 2.24) is 5.32 Å². The topological polar surface area (TPSA) is 75.6 Å². The number of benzene rings is 3. The van der Waals surface area contributed by atoms with Gasteiger partial charge in [0.2, 0.25) is 0 Å². The number of unbranched alkanes of at least 4 members (excludes halogenated alkanes) is 4. The first-order chi connectivity index (χ1) is 19.5. The van der Waals surface area contributed by atoms with Crippen molar-refractivity contribution in [3.05, 3.63) is 89.0 Å². The highest BCUT2D eigenvalue weighted by molar-refractivity contribution is 5.94. The van der Waals surface area contributed by atoms with Gasteiger partial charge in [-0.15, -0.1) is 0 Å². The second kappa shape index (κ2) is 15.3. The molecule has 0 saturated heterocycles. The number of carbonyl (C=O) groups is 2. The van der Waals surface area contributed by atoms with Crippen LogP contribution in [-0.4, -0.2) is 30.1 Å². The predicted octanol–water partition coefficient (Wildman–Crippen LogP) is 8.27. The molecule has 0 spiro atoms. The van der Waals surface area contributed by atoms with Gasteiger partial charge in [0, 0.05) is 12.1 Å². The molecule has 2 N–H and O–H groups in total. The van der Waals surface area contributed by atoms with E-state index in [1.807, 2.05) is 38.1 Å². The van der Waals surface area contributed by atoms with Gasteiger partial charge in [-0.05, 0) is 71.7 Å². The molecule has 0 saturated carbocycles. The van der Waals surface area contributed by atoms with Crippen molar-refractivity contribution in [2.45, 2.75) is 70.9 Å². The van der Waals surface area contributed by atoms with E-state index in [4.69, 9.17) is 9.84 Å². The van der Waals surface area contributed by atoms with Crippen molar-refractivity contribution in [1.29, 1.82) is 0 Å². The quantitative estimate of drug-likeness (QED) is 0.181. The van der Waals surface area contributed by atoms with Crippen molar-refractivity contribution < 1.29 is 32.6 Å². The van der Waals surface area contributed by atoms with Crippen LogP contribution in [0.4, 0.5) is 13.2 Å². The summed E-state index contributed by atoms with van der Waals surface area (Å²) in [5.74, 6) is -0.719. The summed E-state index contributed by atoms with van der Waals surface area (Å²) < 4.78 is 47.2. The molecule has 3 rings (SSSR count). The Labute approximate surface area is 239 Å². The summed E-state index contributed by atoms with van der Waals surface area (Å²) in [7, 11) is 0. The number of hydrogen-bond acceptors (Lipinski definition) is 3. The third-order valence-corrected chi connectivity index (χ3v) is 6.90. The second-order valence-corrected chi connectivity index (χ2v) is 10.4. The van der Waals surface area contributed by atoms with E-state index in [1.54, 1.807) is 30.3 Å². The fourth-order valence-corrected chi connectivity index (χ4v) is 4.51. The number of halogens is 3. The average molecular weight is 570 g/mol. The van der Waals surface area contributed by atoms with Gasteiger partial charge in [0.25, 0.3) is 5.91 Å². The maximum atomic E-state index is 13.8. The third-order valence-electron chi connectivity index (χ3n) is 6.90. The van der Waals surface area contributed by atoms with Crippen molar-refractivity contribution in [2.75, 3.05) is 13.2 Å². The zero-order valence-corrected chi connectivity index (χ0v) is 23.6. The third kappa shape index (κ3) is 10.3. The van der Waals surface area contributed by atoms with Gasteiger partial charge in [0.1, 0.15) is 5.75 Å². The Bertz CT molecular complexity index is 1270. The molecule has 3 aromatic rings. The molecule has 0 heterocycles. The van der Waals surface area contributed by atoms with Gasteiger partial charge in [-0.1, -0.05) is 75.6 Å². The van der Waals surface area contributed by atoms with E-state index in [0.29, 0.717) is 23.7 Å². The van der Waals surface area contributed by atoms with Gasteiger partial charge >= 0.3 is 12.1 Å². The van der Waals surface area contributed by atoms with Crippen LogP contribution in [-0.2, 0) is 17.4 Å². The van der Waals surface area contributed by atoms with Gasteiger partial charge in [-0.3, -0.25) is 9.59 Å². The molecule has 0 bridgehead atoms. The molecule has 41 heavy (non-hydrogen) atoms. The minimum Gasteiger partial charge on any atom is -0.494 e. The largest absolute Gasteiger partial charge is 0.494 e. The Morgan fingerprint density at radius 3 is 2.17 bits per heavy atom. The first-order valence-electron chi connectivity index (χ1n) is 14.1. The molecule has 8 heteroatoms. The van der Waals surface area contributed by atoms with Crippen LogP contribution >= 0.6 is 0 Å². The molecule has 1 amide bonds. The summed E-state index contributed by atoms with van der Waals surface area (Å²) in [5, 5.41) is 11.2. The molecule has 0 aliphatic rings. The lowest BCUT2D eigenvalue weighted by Gasteiger charge is -2.16. The average Bonchev–Trinajstić information content (AvgIpc) is 2.94. The molecule has 3 aromatic carbocycles. The molecule has 220 valence electrons. The molecule has 0 radical (unpaired) electrons. The maximum Gasteiger partial charge on any atom is 0.417 e. The molecular formula is C33H38F3NO4. The number of alkyl halides is 3. The van der Waals surface area contributed by atoms with Gasteiger partial charge < -0.3 is 15.2 Å². The smallest absolute Gasteiger partial charge is 0.417 e. The molecule has 0 unspecified atom stereocenters. The number of hydrogen-bond donors (Lipinski definition) is 2. The van der Waals surface area contributed by atoms with E-state index in [1.165, 1.54) is 6.07 Å². The Kier molecular flexibility index (Phi) is 11.8. The summed E-state index contributed by atoms with van der Waals surface area (Å²) in [6, 6.07) is 18.7. The van der Waals surface area contributed by atoms with Gasteiger partial charge in [0.15, 0.2) is 0 Å². The number of nitrogens with one attached hydrogen (secondary N) is 1. The highest BCUT2D eigenvalue weighted by Gasteiger charge is 2.34. The van der Waals surface area contributed by atoms with Gasteiger partial charge in [-0.2, -0.15) is 13.2 Å². The normalized spacial score (nSPS) is 11.5. The van der Waals surface area contributed by atoms with E-state index in [9.17, 15) is 22.8 Å². The molecule has 0 fully saturated rings. The maximum absolute atomic E-state index is 13.8. The van der Waals surface area contributed by atoms with Crippen molar-refractivity contribution in [3.63, 3.8) is 0 Å². The van der Waals surface area contributed by atoms with Crippen LogP contribution < -0.4 is 10.1 Å². The number of carboxylic acid groups (broad SMARTS) is 1. The van der Waals surface area contributed by atoms with Crippen LogP contribution in [0.5, 0.6) is 5.75 Å². The minimum atomic E-state index is -4.49. The minimum absolute atomic E-state index is 0.0927. The number of rotatable bonds is 15. The highest BCUT2D eigenvalue weighted by Crippen LogP contribution is 2.39. The lowest BCUT2D eigenvalue weighted by Crippen LogP contribution is -2.25. The fourth-order valence-electron chi connectivity index (χ4n) is 4.51. The number of aryl methyl sites for hydroxylation is 1. The fraction of sp³-hybridized carbons (Fsp3) is 0.394. The van der Waals surface area contributed by atoms with Crippen LogP contribution in [0.3, 0.4) is 0 Å². The van der Waals surface area contributed by atoms with Crippen LogP contribution in [0.25, 0.3) is 11.1 Å². The monoisotopic (exact) mass is 569 g/mol. The SMILES string of the molecule is CC(C)c1ccc(-c2ccc(OCCCCCCCc3ccc(C(=O)NCCC(=O)O)cc3)cc2C(F)(F)F)cc1. The zero-order chi connectivity index (χ0) is 29.8. The molecule has 0 aliphatic heterocycles. The number of carboxylic acids is 1. The Balaban J connectivity index is 1.38. The molecular weight excluding hydrogens is 531 g/mol. The molecule has 5 nitrogen and oxygen atoms in total. The van der Waals surface area contributed by atoms with Gasteiger partial charge in [-0.25, -0.2) is 0 Å². The van der Waals surface area contributed by atoms with Crippen molar-refractivity contribution >= 4 is 11.9 Å². The first-order valence-corrected chi connectivity index (χ1v) is 14.1. The zero-order valence-electron chi connectivity index (χ0n) is 23.6. The number of aliphatic carboxylic acids is 1. The van der Waals surface area contributed by atoms with E-state index in [0.717, 1.165) is 55.7 Å². The molecule has 0 aromatic heterocycles. The number of ether oxygens (including phenoxy) is 1. The van der Waals surface area contributed by atoms with Crippen molar-refractivity contribution in [3.8, 4) is 16.9 Å². The van der Waals surface area contributed by atoms with Crippen LogP contribution in [0.2, 0.25) is 0 Å². The second-order valence-electron chi connectivity index (χ2n) is 10.4. The Hall–Kier alpha value is -3.81. The van der Waals surface area contributed by atoms with Crippen LogP contribution in [0, 0.1) is 0 Å². The summed E-state index contributed by atoms with van der Waals surface area (Å²) in [5.41, 5.74) is 2.68. The van der Waals surface area contributed by atoms with Crippen molar-refractivity contribution in [2.24, 2.45) is 0 Å². The van der Waals surface area contributed by atoms with E-state index < -0.39 is 17.7 Å². The van der Waals surface area contributed by atoms with E-state index in [-0.39, 0.29) is 30.2 Å². The standard InChI is InChI=1S/C33H38F3NO4/c1-23(2)25-13-15-26(16-14-25)29-18-17-28(22-30(29)33(34,35)36)41-21-7-5-3-4-6-8-24-9-11-27(12-10-24)32(40)37-20-19-31(38)39/h9-18,22-23H,3-8,19-21H2,1-2H3,(H,37,40)(H,38,39). The van der Waals surface area contributed by atoms with Crippen LogP contribution in [0.1, 0.15) is 85.3 Å². The summed E-state index contributed by atoms with van der Waals surface area (Å²) in [4.78, 5) is 22.6. The van der Waals surface area contributed by atoms with Crippen LogP contribution in [0.15, 0.2) is 66.7 Å². The Morgan fingerprint density at radius 2 is 1.54 bits per heavy atom. The molecule has 0 aliphatic carbocycles. The summed E-state index contributed by atoms with van der Waals surface area (Å²) in [6.45, 7) is 4.54. The number of carbonyl (C=O) groups excluding carboxylic acids is 1. The Morgan fingerprint density at radius 1 is 0.878 bits per heavy atom. The summed E-state index contributed by atoms with van der Waals surface area (Å²) in [6.07, 6.45) is 0.944.